The minimum atomic E-state index is -3.86. The predicted molar refractivity (Wildman–Crippen MR) is 127 cm³/mol. The van der Waals surface area contributed by atoms with Gasteiger partial charge in [-0.25, -0.2) is 14.1 Å². The van der Waals surface area contributed by atoms with Crippen LogP contribution in [0.2, 0.25) is 5.02 Å². The largest absolute Gasteiger partial charge is 0.379 e. The van der Waals surface area contributed by atoms with Crippen LogP contribution in [-0.4, -0.2) is 66.0 Å². The molecule has 1 atom stereocenters. The molecular weight excluding hydrogens is 501 g/mol. The van der Waals surface area contributed by atoms with Crippen LogP contribution in [0.1, 0.15) is 37.3 Å². The maximum absolute atomic E-state index is 14.8. The van der Waals surface area contributed by atoms with Crippen LogP contribution in [0.5, 0.6) is 0 Å². The predicted octanol–water partition coefficient (Wildman–Crippen LogP) is 2.09. The number of ether oxygens (including phenoxy) is 1. The molecule has 2 aliphatic heterocycles. The van der Waals surface area contributed by atoms with Crippen LogP contribution in [0.3, 0.4) is 0 Å². The van der Waals surface area contributed by atoms with Gasteiger partial charge in [0.2, 0.25) is 0 Å². The Balaban J connectivity index is 1.37. The summed E-state index contributed by atoms with van der Waals surface area (Å²) >= 11 is 6.26. The van der Waals surface area contributed by atoms with Gasteiger partial charge in [0, 0.05) is 25.9 Å². The molecule has 11 nitrogen and oxygen atoms in total. The van der Waals surface area contributed by atoms with Crippen molar-refractivity contribution in [1.82, 2.24) is 19.1 Å². The summed E-state index contributed by atoms with van der Waals surface area (Å²) in [6.45, 7) is 0.792. The quantitative estimate of drug-likeness (QED) is 0.559. The number of pyridine rings is 1. The number of aromatic nitrogens is 3. The molecule has 14 heteroatoms. The van der Waals surface area contributed by atoms with Crippen molar-refractivity contribution >= 4 is 33.3 Å². The standard InChI is InChI=1S/C21H25ClFN7O4S/c22-19-17(26-13-21(23)6-1-9-34-14-21)12-27-30(20(19)31)16-4-7-29(8-5-16)35(32,33)28-18-3-2-15(10-24)11-25-18/h2-3,11-12,16,26H,1,4-9,13-14H2,(H,25,28). The van der Waals surface area contributed by atoms with E-state index in [9.17, 15) is 17.6 Å². The molecule has 0 aliphatic carbocycles. The number of anilines is 2. The van der Waals surface area contributed by atoms with Gasteiger partial charge in [-0.05, 0) is 37.8 Å². The Morgan fingerprint density at radius 3 is 2.71 bits per heavy atom. The molecule has 1 unspecified atom stereocenters. The van der Waals surface area contributed by atoms with E-state index in [0.29, 0.717) is 37.9 Å². The zero-order chi connectivity index (χ0) is 25.1. The van der Waals surface area contributed by atoms with Crippen molar-refractivity contribution < 1.29 is 17.5 Å². The minimum Gasteiger partial charge on any atom is -0.379 e. The van der Waals surface area contributed by atoms with Crippen LogP contribution in [-0.2, 0) is 14.9 Å². The van der Waals surface area contributed by atoms with Crippen molar-refractivity contribution in [3.8, 4) is 6.07 Å². The maximum atomic E-state index is 14.8. The Kier molecular flexibility index (Phi) is 7.56. The molecular formula is C21H25ClFN7O4S. The number of nitriles is 1. The molecule has 0 saturated carbocycles. The average Bonchev–Trinajstić information content (AvgIpc) is 2.86. The summed E-state index contributed by atoms with van der Waals surface area (Å²) in [7, 11) is -3.86. The fourth-order valence-corrected chi connectivity index (χ4v) is 5.49. The molecule has 0 bridgehead atoms. The molecule has 2 aliphatic rings. The molecule has 4 heterocycles. The molecule has 0 radical (unpaired) electrons. The third-order valence-corrected chi connectivity index (χ3v) is 7.93. The summed E-state index contributed by atoms with van der Waals surface area (Å²) in [6.07, 6.45) is 4.35. The van der Waals surface area contributed by atoms with Crippen molar-refractivity contribution in [3.63, 3.8) is 0 Å². The van der Waals surface area contributed by atoms with Gasteiger partial charge in [-0.1, -0.05) is 11.6 Å². The smallest absolute Gasteiger partial charge is 0.302 e. The SMILES string of the molecule is N#Cc1ccc(NS(=O)(=O)N2CCC(n3ncc(NCC4(F)CCCOC4)c(Cl)c3=O)CC2)nc1. The topological polar surface area (TPSA) is 142 Å². The lowest BCUT2D eigenvalue weighted by Crippen LogP contribution is -2.44. The summed E-state index contributed by atoms with van der Waals surface area (Å²) in [5.41, 5.74) is -1.49. The number of halogens is 2. The Bertz CT molecular complexity index is 1250. The van der Waals surface area contributed by atoms with Gasteiger partial charge in [0.15, 0.2) is 5.67 Å². The molecule has 2 saturated heterocycles. The van der Waals surface area contributed by atoms with Gasteiger partial charge in [0.25, 0.3) is 5.56 Å². The van der Waals surface area contributed by atoms with E-state index in [0.717, 1.165) is 0 Å². The first-order valence-corrected chi connectivity index (χ1v) is 12.9. The van der Waals surface area contributed by atoms with Crippen molar-refractivity contribution in [2.45, 2.75) is 37.4 Å². The molecule has 2 aromatic heterocycles. The molecule has 35 heavy (non-hydrogen) atoms. The van der Waals surface area contributed by atoms with Crippen LogP contribution < -0.4 is 15.6 Å². The first-order valence-electron chi connectivity index (χ1n) is 11.1. The maximum Gasteiger partial charge on any atom is 0.302 e. The highest BCUT2D eigenvalue weighted by atomic mass is 35.5. The Morgan fingerprint density at radius 1 is 1.31 bits per heavy atom. The van der Waals surface area contributed by atoms with Gasteiger partial charge in [-0.2, -0.15) is 23.1 Å². The van der Waals surface area contributed by atoms with Gasteiger partial charge in [-0.15, -0.1) is 0 Å². The van der Waals surface area contributed by atoms with Crippen LogP contribution in [0.4, 0.5) is 15.9 Å². The fourth-order valence-electron chi connectivity index (χ4n) is 4.08. The molecule has 0 aromatic carbocycles. The van der Waals surface area contributed by atoms with Crippen molar-refractivity contribution in [1.29, 1.82) is 5.26 Å². The molecule has 2 fully saturated rings. The van der Waals surface area contributed by atoms with Gasteiger partial charge < -0.3 is 10.1 Å². The van der Waals surface area contributed by atoms with E-state index in [1.807, 2.05) is 6.07 Å². The molecule has 188 valence electrons. The monoisotopic (exact) mass is 525 g/mol. The van der Waals surface area contributed by atoms with Crippen LogP contribution >= 0.6 is 11.6 Å². The second-order valence-electron chi connectivity index (χ2n) is 8.56. The zero-order valence-corrected chi connectivity index (χ0v) is 20.4. The molecule has 0 amide bonds. The third kappa shape index (κ3) is 5.90. The first-order chi connectivity index (χ1) is 16.7. The number of hydrogen-bond acceptors (Lipinski definition) is 8. The second-order valence-corrected chi connectivity index (χ2v) is 10.6. The Labute approximate surface area is 207 Å². The Hall–Kier alpha value is -2.79. The van der Waals surface area contributed by atoms with Crippen molar-refractivity contribution in [2.24, 2.45) is 0 Å². The van der Waals surface area contributed by atoms with E-state index in [-0.39, 0.29) is 48.8 Å². The second kappa shape index (κ2) is 10.4. The van der Waals surface area contributed by atoms with Crippen LogP contribution in [0.15, 0.2) is 29.3 Å². The number of hydrogen-bond donors (Lipinski definition) is 2. The van der Waals surface area contributed by atoms with E-state index in [4.69, 9.17) is 21.6 Å². The highest BCUT2D eigenvalue weighted by Gasteiger charge is 2.33. The fraction of sp³-hybridized carbons (Fsp3) is 0.524. The van der Waals surface area contributed by atoms with Gasteiger partial charge in [0.05, 0.1) is 36.6 Å². The summed E-state index contributed by atoms with van der Waals surface area (Å²) in [4.78, 5) is 16.8. The lowest BCUT2D eigenvalue weighted by Gasteiger charge is -2.32. The zero-order valence-electron chi connectivity index (χ0n) is 18.8. The number of nitrogens with one attached hydrogen (secondary N) is 2. The van der Waals surface area contributed by atoms with Crippen LogP contribution in [0.25, 0.3) is 0 Å². The highest BCUT2D eigenvalue weighted by molar-refractivity contribution is 7.90. The highest BCUT2D eigenvalue weighted by Crippen LogP contribution is 2.27. The number of piperidine rings is 1. The van der Waals surface area contributed by atoms with Crippen LogP contribution in [0, 0.1) is 11.3 Å². The third-order valence-electron chi connectivity index (χ3n) is 6.05. The molecule has 2 aromatic rings. The van der Waals surface area contributed by atoms with E-state index in [1.165, 1.54) is 33.5 Å². The summed E-state index contributed by atoms with van der Waals surface area (Å²) in [6, 6.07) is 4.46. The van der Waals surface area contributed by atoms with Gasteiger partial charge in [-0.3, -0.25) is 9.52 Å². The van der Waals surface area contributed by atoms with E-state index in [2.05, 4.69) is 20.1 Å². The normalized spacial score (nSPS) is 21.9. The Morgan fingerprint density at radius 2 is 2.09 bits per heavy atom. The van der Waals surface area contributed by atoms with E-state index < -0.39 is 21.4 Å². The van der Waals surface area contributed by atoms with Gasteiger partial charge >= 0.3 is 10.2 Å². The number of rotatable bonds is 7. The lowest BCUT2D eigenvalue weighted by atomic mass is 9.99. The van der Waals surface area contributed by atoms with E-state index in [1.54, 1.807) is 0 Å². The summed E-state index contributed by atoms with van der Waals surface area (Å²) in [5.74, 6) is 0.105. The molecule has 2 N–H and O–H groups in total. The summed E-state index contributed by atoms with van der Waals surface area (Å²) in [5, 5.41) is 15.8. The number of alkyl halides is 1. The summed E-state index contributed by atoms with van der Waals surface area (Å²) < 4.78 is 50.3. The minimum absolute atomic E-state index is 0.0142. The number of nitrogens with zero attached hydrogens (tertiary/aromatic N) is 5. The molecule has 0 spiro atoms. The lowest BCUT2D eigenvalue weighted by molar-refractivity contribution is -0.0234. The van der Waals surface area contributed by atoms with E-state index >= 15 is 0 Å². The van der Waals surface area contributed by atoms with Crippen molar-refractivity contribution in [3.05, 3.63) is 45.5 Å². The van der Waals surface area contributed by atoms with Gasteiger partial charge in [0.1, 0.15) is 16.9 Å². The van der Waals surface area contributed by atoms with Crippen molar-refractivity contribution in [2.75, 3.05) is 42.9 Å². The average molecular weight is 526 g/mol. The molecule has 4 rings (SSSR count). The first kappa shape index (κ1) is 25.3.